The van der Waals surface area contributed by atoms with Crippen LogP contribution >= 0.6 is 0 Å². The molecule has 0 amide bonds. The zero-order valence-electron chi connectivity index (χ0n) is 12.9. The van der Waals surface area contributed by atoms with E-state index in [1.165, 1.54) is 17.5 Å². The Bertz CT molecular complexity index is 369. The average Bonchev–Trinajstić information content (AvgIpc) is 2.50. The smallest absolute Gasteiger partial charge is 0.0595 e. The van der Waals surface area contributed by atoms with E-state index in [2.05, 4.69) is 41.4 Å². The van der Waals surface area contributed by atoms with Crippen molar-refractivity contribution < 1.29 is 4.74 Å². The van der Waals surface area contributed by atoms with Crippen molar-refractivity contribution in [1.29, 1.82) is 0 Å². The van der Waals surface area contributed by atoms with Gasteiger partial charge in [-0.05, 0) is 36.9 Å². The molecule has 1 heterocycles. The summed E-state index contributed by atoms with van der Waals surface area (Å²) < 4.78 is 5.42. The first-order valence-corrected chi connectivity index (χ1v) is 7.85. The molecule has 1 N–H and O–H groups in total. The number of methoxy groups -OCH3 is 1. The predicted molar refractivity (Wildman–Crippen MR) is 83.7 cm³/mol. The van der Waals surface area contributed by atoms with Crippen molar-refractivity contribution in [2.45, 2.75) is 45.4 Å². The maximum absolute atomic E-state index is 5.42. The van der Waals surface area contributed by atoms with Crippen LogP contribution in [-0.4, -0.2) is 37.7 Å². The minimum absolute atomic E-state index is 0.471. The fourth-order valence-corrected chi connectivity index (χ4v) is 2.73. The van der Waals surface area contributed by atoms with Gasteiger partial charge >= 0.3 is 0 Å². The highest BCUT2D eigenvalue weighted by Gasteiger charge is 2.18. The molecule has 1 aliphatic rings. The molecule has 1 saturated heterocycles. The first-order valence-electron chi connectivity index (χ1n) is 7.85. The van der Waals surface area contributed by atoms with Crippen LogP contribution in [0.2, 0.25) is 0 Å². The molecule has 0 aromatic heterocycles. The van der Waals surface area contributed by atoms with Gasteiger partial charge in [0.2, 0.25) is 0 Å². The van der Waals surface area contributed by atoms with E-state index in [4.69, 9.17) is 4.74 Å². The van der Waals surface area contributed by atoms with Gasteiger partial charge in [-0.15, -0.1) is 0 Å². The molecule has 0 spiro atoms. The third kappa shape index (κ3) is 4.89. The number of likely N-dealkylation sites (tertiary alicyclic amines) is 1. The fourth-order valence-electron chi connectivity index (χ4n) is 2.73. The molecule has 2 rings (SSSR count). The summed E-state index contributed by atoms with van der Waals surface area (Å²) in [6, 6.07) is 9.04. The molecule has 0 unspecified atom stereocenters. The van der Waals surface area contributed by atoms with Crippen LogP contribution in [0.3, 0.4) is 0 Å². The largest absolute Gasteiger partial charge is 0.381 e. The minimum Gasteiger partial charge on any atom is -0.381 e. The summed E-state index contributed by atoms with van der Waals surface area (Å²) in [6.45, 7) is 7.64. The van der Waals surface area contributed by atoms with E-state index in [1.54, 1.807) is 0 Å². The quantitative estimate of drug-likeness (QED) is 0.775. The van der Waals surface area contributed by atoms with Gasteiger partial charge in [0.25, 0.3) is 0 Å². The van der Waals surface area contributed by atoms with E-state index >= 15 is 0 Å². The molecule has 1 aromatic carbocycles. The Labute approximate surface area is 123 Å². The molecule has 1 aliphatic heterocycles. The van der Waals surface area contributed by atoms with Gasteiger partial charge in [0, 0.05) is 33.3 Å². The van der Waals surface area contributed by atoms with Gasteiger partial charge in [0.05, 0.1) is 6.10 Å². The maximum atomic E-state index is 5.42. The Balaban J connectivity index is 1.76. The minimum atomic E-state index is 0.471. The number of nitrogens with zero attached hydrogens (tertiary/aromatic N) is 1. The standard InChI is InChI=1S/C17H28N2O/c1-3-10-18-13-15-4-6-16(7-5-15)14-19-11-8-17(20-2)9-12-19/h4-7,17-18H,3,8-14H2,1-2H3. The van der Waals surface area contributed by atoms with Gasteiger partial charge < -0.3 is 10.1 Å². The Morgan fingerprint density at radius 2 is 1.80 bits per heavy atom. The summed E-state index contributed by atoms with van der Waals surface area (Å²) in [5.74, 6) is 0. The monoisotopic (exact) mass is 276 g/mol. The number of rotatable bonds is 7. The molecule has 1 fully saturated rings. The topological polar surface area (TPSA) is 24.5 Å². The van der Waals surface area contributed by atoms with Crippen LogP contribution in [0.25, 0.3) is 0 Å². The van der Waals surface area contributed by atoms with E-state index in [0.29, 0.717) is 6.10 Å². The normalized spacial score (nSPS) is 17.5. The Kier molecular flexibility index (Phi) is 6.51. The third-order valence-electron chi connectivity index (χ3n) is 4.05. The Hall–Kier alpha value is -0.900. The first-order chi connectivity index (χ1) is 9.81. The van der Waals surface area contributed by atoms with E-state index in [-0.39, 0.29) is 0 Å². The summed E-state index contributed by atoms with van der Waals surface area (Å²) in [7, 11) is 1.83. The molecule has 0 radical (unpaired) electrons. The van der Waals surface area contributed by atoms with Crippen LogP contribution in [0.15, 0.2) is 24.3 Å². The van der Waals surface area contributed by atoms with Crippen LogP contribution in [0.4, 0.5) is 0 Å². The van der Waals surface area contributed by atoms with Gasteiger partial charge in [-0.3, -0.25) is 4.90 Å². The Morgan fingerprint density at radius 3 is 2.40 bits per heavy atom. The Morgan fingerprint density at radius 1 is 1.15 bits per heavy atom. The fraction of sp³-hybridized carbons (Fsp3) is 0.647. The maximum Gasteiger partial charge on any atom is 0.0595 e. The highest BCUT2D eigenvalue weighted by molar-refractivity contribution is 5.22. The predicted octanol–water partition coefficient (Wildman–Crippen LogP) is 2.80. The lowest BCUT2D eigenvalue weighted by Gasteiger charge is -2.31. The van der Waals surface area contributed by atoms with Crippen LogP contribution in [0.1, 0.15) is 37.3 Å². The molecule has 112 valence electrons. The van der Waals surface area contributed by atoms with Gasteiger partial charge in [-0.2, -0.15) is 0 Å². The average molecular weight is 276 g/mol. The van der Waals surface area contributed by atoms with Crippen molar-refractivity contribution in [3.63, 3.8) is 0 Å². The second-order valence-corrected chi connectivity index (χ2v) is 5.70. The number of piperidine rings is 1. The van der Waals surface area contributed by atoms with Gasteiger partial charge in [0.1, 0.15) is 0 Å². The van der Waals surface area contributed by atoms with Gasteiger partial charge in [-0.1, -0.05) is 31.2 Å². The van der Waals surface area contributed by atoms with Crippen molar-refractivity contribution >= 4 is 0 Å². The van der Waals surface area contributed by atoms with E-state index in [0.717, 1.165) is 45.6 Å². The molecule has 0 bridgehead atoms. The molecular weight excluding hydrogens is 248 g/mol. The van der Waals surface area contributed by atoms with E-state index < -0.39 is 0 Å². The molecule has 3 nitrogen and oxygen atoms in total. The zero-order chi connectivity index (χ0) is 14.2. The summed E-state index contributed by atoms with van der Waals surface area (Å²) >= 11 is 0. The van der Waals surface area contributed by atoms with Crippen LogP contribution in [0.5, 0.6) is 0 Å². The second kappa shape index (κ2) is 8.40. The summed E-state index contributed by atoms with van der Waals surface area (Å²) in [6.07, 6.45) is 3.99. The first kappa shape index (κ1) is 15.5. The van der Waals surface area contributed by atoms with Crippen molar-refractivity contribution in [1.82, 2.24) is 10.2 Å². The molecule has 3 heteroatoms. The number of hydrogen-bond donors (Lipinski definition) is 1. The summed E-state index contributed by atoms with van der Waals surface area (Å²) in [4.78, 5) is 2.53. The highest BCUT2D eigenvalue weighted by Crippen LogP contribution is 2.16. The highest BCUT2D eigenvalue weighted by atomic mass is 16.5. The lowest BCUT2D eigenvalue weighted by atomic mass is 10.1. The van der Waals surface area contributed by atoms with Crippen LogP contribution < -0.4 is 5.32 Å². The lowest BCUT2D eigenvalue weighted by molar-refractivity contribution is 0.0388. The van der Waals surface area contributed by atoms with E-state index in [9.17, 15) is 0 Å². The number of ether oxygens (including phenoxy) is 1. The van der Waals surface area contributed by atoms with Crippen molar-refractivity contribution in [2.75, 3.05) is 26.7 Å². The number of nitrogens with one attached hydrogen (secondary N) is 1. The SMILES string of the molecule is CCCNCc1ccc(CN2CCC(OC)CC2)cc1. The summed E-state index contributed by atoms with van der Waals surface area (Å²) in [5.41, 5.74) is 2.79. The number of hydrogen-bond acceptors (Lipinski definition) is 3. The van der Waals surface area contributed by atoms with Gasteiger partial charge in [-0.25, -0.2) is 0 Å². The van der Waals surface area contributed by atoms with E-state index in [1.807, 2.05) is 7.11 Å². The molecule has 0 atom stereocenters. The molecule has 0 saturated carbocycles. The third-order valence-corrected chi connectivity index (χ3v) is 4.05. The molecule has 20 heavy (non-hydrogen) atoms. The lowest BCUT2D eigenvalue weighted by Crippen LogP contribution is -2.36. The van der Waals surface area contributed by atoms with Crippen molar-refractivity contribution in [3.8, 4) is 0 Å². The molecule has 0 aliphatic carbocycles. The van der Waals surface area contributed by atoms with Gasteiger partial charge in [0.15, 0.2) is 0 Å². The van der Waals surface area contributed by atoms with Crippen molar-refractivity contribution in [3.05, 3.63) is 35.4 Å². The van der Waals surface area contributed by atoms with Crippen LogP contribution in [-0.2, 0) is 17.8 Å². The molecule has 1 aromatic rings. The molecular formula is C17H28N2O. The zero-order valence-corrected chi connectivity index (χ0v) is 12.9. The second-order valence-electron chi connectivity index (χ2n) is 5.70. The van der Waals surface area contributed by atoms with Crippen molar-refractivity contribution in [2.24, 2.45) is 0 Å². The summed E-state index contributed by atoms with van der Waals surface area (Å²) in [5, 5.41) is 3.44. The number of benzene rings is 1. The van der Waals surface area contributed by atoms with Crippen LogP contribution in [0, 0.1) is 0 Å².